The number of aryl methyl sites for hydroxylation is 2. The Kier molecular flexibility index (Phi) is 6.39. The Morgan fingerprint density at radius 3 is 2.18 bits per heavy atom. The molecule has 4 rings (SSSR count). The summed E-state index contributed by atoms with van der Waals surface area (Å²) in [6.45, 7) is 3.31. The molecule has 0 unspecified atom stereocenters. The average molecular weight is 482 g/mol. The van der Waals surface area contributed by atoms with Crippen LogP contribution in [0.15, 0.2) is 65.6 Å². The van der Waals surface area contributed by atoms with Gasteiger partial charge in [0.2, 0.25) is 0 Å². The third-order valence-electron chi connectivity index (χ3n) is 5.50. The molecule has 3 aromatic rings. The zero-order valence-corrected chi connectivity index (χ0v) is 19.5. The molecule has 1 fully saturated rings. The van der Waals surface area contributed by atoms with Gasteiger partial charge >= 0.3 is 0 Å². The van der Waals surface area contributed by atoms with E-state index in [1.807, 2.05) is 6.92 Å². The second kappa shape index (κ2) is 9.26. The highest BCUT2D eigenvalue weighted by molar-refractivity contribution is 7.92. The first-order valence-corrected chi connectivity index (χ1v) is 12.2. The fourth-order valence-electron chi connectivity index (χ4n) is 3.28. The molecule has 0 radical (unpaired) electrons. The van der Waals surface area contributed by atoms with Crippen LogP contribution in [0.1, 0.15) is 44.7 Å². The quantitative estimate of drug-likeness (QED) is 0.466. The van der Waals surface area contributed by atoms with Gasteiger partial charge in [0.15, 0.2) is 0 Å². The molecule has 0 spiro atoms. The predicted molar refractivity (Wildman–Crippen MR) is 128 cm³/mol. The number of sulfonamides is 1. The minimum atomic E-state index is -3.91. The summed E-state index contributed by atoms with van der Waals surface area (Å²) in [5.74, 6) is -1.06. The maximum Gasteiger partial charge on any atom is 0.261 e. The summed E-state index contributed by atoms with van der Waals surface area (Å²) >= 11 is 0. The van der Waals surface area contributed by atoms with E-state index in [2.05, 4.69) is 15.4 Å². The van der Waals surface area contributed by atoms with Crippen molar-refractivity contribution >= 4 is 33.2 Å². The Morgan fingerprint density at radius 1 is 0.853 bits per heavy atom. The molecule has 1 aliphatic rings. The first-order chi connectivity index (χ1) is 16.1. The Morgan fingerprint density at radius 2 is 1.53 bits per heavy atom. The van der Waals surface area contributed by atoms with Crippen LogP contribution in [0.4, 0.5) is 15.8 Å². The van der Waals surface area contributed by atoms with Gasteiger partial charge in [0.1, 0.15) is 5.82 Å². The van der Waals surface area contributed by atoms with Crippen LogP contribution in [-0.4, -0.2) is 26.3 Å². The number of rotatable bonds is 7. The molecule has 0 atom stereocenters. The van der Waals surface area contributed by atoms with Crippen LogP contribution < -0.4 is 15.4 Å². The highest BCUT2D eigenvalue weighted by Crippen LogP contribution is 2.23. The van der Waals surface area contributed by atoms with Crippen LogP contribution in [0.5, 0.6) is 0 Å². The number of hydrogen-bond acceptors (Lipinski definition) is 4. The summed E-state index contributed by atoms with van der Waals surface area (Å²) < 4.78 is 41.0. The number of hydrogen-bond donors (Lipinski definition) is 3. The highest BCUT2D eigenvalue weighted by Gasteiger charge is 2.24. The van der Waals surface area contributed by atoms with E-state index in [0.29, 0.717) is 16.8 Å². The maximum atomic E-state index is 13.5. The standard InChI is InChI=1S/C25H24FN3O4S/c1-15-3-4-18(25(31)27-19-9-10-19)14-23(15)28-24(30)17-5-7-20(8-6-17)29-34(32,33)21-11-12-22(26)16(2)13-21/h3-8,11-14,19,29H,9-10H2,1-2H3,(H,27,31)(H,28,30). The van der Waals surface area contributed by atoms with E-state index in [0.717, 1.165) is 24.5 Å². The molecule has 1 aliphatic carbocycles. The second-order valence-corrected chi connectivity index (χ2v) is 10.0. The maximum absolute atomic E-state index is 13.5. The summed E-state index contributed by atoms with van der Waals surface area (Å²) in [6.07, 6.45) is 1.97. The van der Waals surface area contributed by atoms with E-state index < -0.39 is 21.7 Å². The van der Waals surface area contributed by atoms with Gasteiger partial charge < -0.3 is 10.6 Å². The van der Waals surface area contributed by atoms with Gasteiger partial charge in [-0.1, -0.05) is 6.07 Å². The summed E-state index contributed by atoms with van der Waals surface area (Å²) in [7, 11) is -3.91. The van der Waals surface area contributed by atoms with E-state index in [-0.39, 0.29) is 28.1 Å². The van der Waals surface area contributed by atoms with E-state index in [1.165, 1.54) is 43.3 Å². The van der Waals surface area contributed by atoms with Gasteiger partial charge in [-0.3, -0.25) is 14.3 Å². The monoisotopic (exact) mass is 481 g/mol. The van der Waals surface area contributed by atoms with Crippen molar-refractivity contribution in [2.75, 3.05) is 10.0 Å². The molecule has 0 aliphatic heterocycles. The zero-order valence-electron chi connectivity index (χ0n) is 18.7. The van der Waals surface area contributed by atoms with Crippen LogP contribution in [0.25, 0.3) is 0 Å². The summed E-state index contributed by atoms with van der Waals surface area (Å²) in [6, 6.07) is 14.8. The third kappa shape index (κ3) is 5.43. The minimum absolute atomic E-state index is 0.0608. The topological polar surface area (TPSA) is 104 Å². The molecular weight excluding hydrogens is 457 g/mol. The van der Waals surface area contributed by atoms with Crippen LogP contribution in [-0.2, 0) is 10.0 Å². The van der Waals surface area contributed by atoms with Crippen molar-refractivity contribution in [3.05, 3.63) is 88.7 Å². The average Bonchev–Trinajstić information content (AvgIpc) is 3.61. The molecule has 1 saturated carbocycles. The number of amides is 2. The van der Waals surface area contributed by atoms with Crippen molar-refractivity contribution in [2.45, 2.75) is 37.6 Å². The molecular formula is C25H24FN3O4S. The van der Waals surface area contributed by atoms with Crippen LogP contribution in [0.3, 0.4) is 0 Å². The van der Waals surface area contributed by atoms with Gasteiger partial charge in [-0.15, -0.1) is 0 Å². The van der Waals surface area contributed by atoms with Crippen molar-refractivity contribution in [2.24, 2.45) is 0 Å². The number of carbonyl (C=O) groups is 2. The molecule has 0 bridgehead atoms. The SMILES string of the molecule is Cc1cc(S(=O)(=O)Nc2ccc(C(=O)Nc3cc(C(=O)NC4CC4)ccc3C)cc2)ccc1F. The van der Waals surface area contributed by atoms with Crippen LogP contribution >= 0.6 is 0 Å². The molecule has 176 valence electrons. The fourth-order valence-corrected chi connectivity index (χ4v) is 4.42. The first-order valence-electron chi connectivity index (χ1n) is 10.7. The van der Waals surface area contributed by atoms with E-state index in [1.54, 1.807) is 18.2 Å². The van der Waals surface area contributed by atoms with Gasteiger partial charge in [0.05, 0.1) is 4.90 Å². The fraction of sp³-hybridized carbons (Fsp3) is 0.200. The Bertz CT molecular complexity index is 1370. The first kappa shape index (κ1) is 23.4. The number of carbonyl (C=O) groups excluding carboxylic acids is 2. The van der Waals surface area contributed by atoms with E-state index in [9.17, 15) is 22.4 Å². The van der Waals surface area contributed by atoms with Gasteiger partial charge in [-0.2, -0.15) is 0 Å². The number of benzene rings is 3. The summed E-state index contributed by atoms with van der Waals surface area (Å²) in [5, 5.41) is 5.72. The second-order valence-electron chi connectivity index (χ2n) is 8.33. The Labute approximate surface area is 197 Å². The summed E-state index contributed by atoms with van der Waals surface area (Å²) in [5.41, 5.74) is 2.58. The van der Waals surface area contributed by atoms with Crippen LogP contribution in [0, 0.1) is 19.7 Å². The Balaban J connectivity index is 1.45. The van der Waals surface area contributed by atoms with Gasteiger partial charge in [-0.05, 0) is 92.4 Å². The van der Waals surface area contributed by atoms with Crippen molar-refractivity contribution < 1.29 is 22.4 Å². The normalized spacial score (nSPS) is 13.3. The van der Waals surface area contributed by atoms with E-state index in [4.69, 9.17) is 0 Å². The zero-order chi connectivity index (χ0) is 24.5. The van der Waals surface area contributed by atoms with Gasteiger partial charge in [-0.25, -0.2) is 12.8 Å². The smallest absolute Gasteiger partial charge is 0.261 e. The summed E-state index contributed by atoms with van der Waals surface area (Å²) in [4.78, 5) is 25.0. The molecule has 3 N–H and O–H groups in total. The molecule has 9 heteroatoms. The number of nitrogens with one attached hydrogen (secondary N) is 3. The Hall–Kier alpha value is -3.72. The molecule has 0 heterocycles. The number of halogens is 1. The van der Waals surface area contributed by atoms with Crippen molar-refractivity contribution in [3.8, 4) is 0 Å². The number of anilines is 2. The predicted octanol–water partition coefficient (Wildman–Crippen LogP) is 4.39. The highest BCUT2D eigenvalue weighted by atomic mass is 32.2. The van der Waals surface area contributed by atoms with Crippen molar-refractivity contribution in [1.82, 2.24) is 5.32 Å². The lowest BCUT2D eigenvalue weighted by atomic mass is 10.1. The lowest BCUT2D eigenvalue weighted by Gasteiger charge is -2.12. The van der Waals surface area contributed by atoms with Crippen LogP contribution in [0.2, 0.25) is 0 Å². The third-order valence-corrected chi connectivity index (χ3v) is 6.88. The van der Waals surface area contributed by atoms with E-state index >= 15 is 0 Å². The van der Waals surface area contributed by atoms with Gasteiger partial charge in [0.25, 0.3) is 21.8 Å². The van der Waals surface area contributed by atoms with Gasteiger partial charge in [0, 0.05) is 28.5 Å². The molecule has 0 aromatic heterocycles. The molecule has 2 amide bonds. The molecule has 34 heavy (non-hydrogen) atoms. The largest absolute Gasteiger partial charge is 0.349 e. The molecule has 0 saturated heterocycles. The lowest BCUT2D eigenvalue weighted by Crippen LogP contribution is -2.25. The molecule has 3 aromatic carbocycles. The molecule has 7 nitrogen and oxygen atoms in total. The van der Waals surface area contributed by atoms with Crippen molar-refractivity contribution in [1.29, 1.82) is 0 Å². The van der Waals surface area contributed by atoms with Crippen molar-refractivity contribution in [3.63, 3.8) is 0 Å². The minimum Gasteiger partial charge on any atom is -0.349 e. The lowest BCUT2D eigenvalue weighted by molar-refractivity contribution is 0.0949.